The monoisotopic (exact) mass is 394 g/mol. The molecule has 0 unspecified atom stereocenters. The highest BCUT2D eigenvalue weighted by Gasteiger charge is 2.25. The van der Waals surface area contributed by atoms with Gasteiger partial charge in [0.05, 0.1) is 19.9 Å². The van der Waals surface area contributed by atoms with Crippen LogP contribution in [0.2, 0.25) is 0 Å². The lowest BCUT2D eigenvalue weighted by Gasteiger charge is -2.31. The number of rotatable bonds is 6. The zero-order valence-corrected chi connectivity index (χ0v) is 16.8. The maximum atomic E-state index is 12.5. The highest BCUT2D eigenvalue weighted by atomic mass is 16.5. The number of ether oxygens (including phenoxy) is 2. The number of methoxy groups -OCH3 is 2. The van der Waals surface area contributed by atoms with Gasteiger partial charge in [-0.05, 0) is 61.3 Å². The van der Waals surface area contributed by atoms with Crippen LogP contribution in [-0.4, -0.2) is 47.0 Å². The lowest BCUT2D eigenvalue weighted by molar-refractivity contribution is 0.196. The Morgan fingerprint density at radius 2 is 1.90 bits per heavy atom. The first kappa shape index (κ1) is 19.3. The van der Waals surface area contributed by atoms with Crippen LogP contribution in [0.3, 0.4) is 0 Å². The quantitative estimate of drug-likeness (QED) is 0.696. The Morgan fingerprint density at radius 3 is 2.66 bits per heavy atom. The lowest BCUT2D eigenvalue weighted by Crippen LogP contribution is -2.34. The molecule has 0 radical (unpaired) electrons. The Morgan fingerprint density at radius 1 is 1.10 bits per heavy atom. The van der Waals surface area contributed by atoms with Crippen molar-refractivity contribution in [1.29, 1.82) is 0 Å². The van der Waals surface area contributed by atoms with Crippen molar-refractivity contribution in [1.82, 2.24) is 19.7 Å². The fourth-order valence-corrected chi connectivity index (χ4v) is 3.87. The zero-order valence-electron chi connectivity index (χ0n) is 16.8. The van der Waals surface area contributed by atoms with Gasteiger partial charge in [-0.3, -0.25) is 9.88 Å². The third kappa shape index (κ3) is 4.35. The van der Waals surface area contributed by atoms with E-state index in [0.29, 0.717) is 0 Å². The number of nitrogens with one attached hydrogen (secondary N) is 1. The number of aromatic amines is 1. The van der Waals surface area contributed by atoms with Crippen molar-refractivity contribution in [2.45, 2.75) is 25.3 Å². The molecule has 1 aromatic heterocycles. The van der Waals surface area contributed by atoms with E-state index in [4.69, 9.17) is 9.47 Å². The molecule has 29 heavy (non-hydrogen) atoms. The van der Waals surface area contributed by atoms with Gasteiger partial charge >= 0.3 is 5.69 Å². The summed E-state index contributed by atoms with van der Waals surface area (Å²) in [4.78, 5) is 17.8. The number of benzene rings is 2. The third-order valence-electron chi connectivity index (χ3n) is 5.38. The van der Waals surface area contributed by atoms with Crippen LogP contribution in [-0.2, 0) is 6.54 Å². The minimum Gasteiger partial charge on any atom is -0.497 e. The predicted octanol–water partition coefficient (Wildman–Crippen LogP) is 2.96. The summed E-state index contributed by atoms with van der Waals surface area (Å²) < 4.78 is 11.9. The molecule has 0 saturated carbocycles. The molecule has 3 aromatic rings. The van der Waals surface area contributed by atoms with E-state index in [9.17, 15) is 4.79 Å². The van der Waals surface area contributed by atoms with Crippen LogP contribution in [0, 0.1) is 0 Å². The normalized spacial score (nSPS) is 17.2. The number of H-pyrrole nitrogens is 1. The fraction of sp³-hybridized carbons (Fsp3) is 0.364. The molecule has 1 aliphatic heterocycles. The minimum absolute atomic E-state index is 0.210. The predicted molar refractivity (Wildman–Crippen MR) is 111 cm³/mol. The molecule has 1 N–H and O–H groups in total. The van der Waals surface area contributed by atoms with E-state index >= 15 is 0 Å². The highest BCUT2D eigenvalue weighted by Crippen LogP contribution is 2.26. The van der Waals surface area contributed by atoms with Gasteiger partial charge in [0, 0.05) is 19.0 Å². The van der Waals surface area contributed by atoms with Gasteiger partial charge in [-0.2, -0.15) is 4.68 Å². The maximum absolute atomic E-state index is 12.5. The summed E-state index contributed by atoms with van der Waals surface area (Å²) in [6.07, 6.45) is 2.09. The molecule has 0 aliphatic carbocycles. The van der Waals surface area contributed by atoms with Crippen molar-refractivity contribution in [2.24, 2.45) is 0 Å². The third-order valence-corrected chi connectivity index (χ3v) is 5.38. The summed E-state index contributed by atoms with van der Waals surface area (Å²) in [5, 5.41) is 4.59. The lowest BCUT2D eigenvalue weighted by atomic mass is 9.97. The van der Waals surface area contributed by atoms with Gasteiger partial charge in [0.2, 0.25) is 0 Å². The molecular formula is C22H26N4O3. The van der Waals surface area contributed by atoms with E-state index < -0.39 is 0 Å². The van der Waals surface area contributed by atoms with Crippen molar-refractivity contribution < 1.29 is 9.47 Å². The topological polar surface area (TPSA) is 72.4 Å². The summed E-state index contributed by atoms with van der Waals surface area (Å²) in [6, 6.07) is 15.5. The largest absolute Gasteiger partial charge is 0.497 e. The molecule has 7 nitrogen and oxygen atoms in total. The van der Waals surface area contributed by atoms with Crippen molar-refractivity contribution in [2.75, 3.05) is 27.3 Å². The first-order valence-corrected chi connectivity index (χ1v) is 9.85. The molecule has 7 heteroatoms. The molecule has 152 valence electrons. The van der Waals surface area contributed by atoms with Gasteiger partial charge in [0.15, 0.2) is 0 Å². The molecule has 0 bridgehead atoms. The molecule has 0 spiro atoms. The van der Waals surface area contributed by atoms with Crippen molar-refractivity contribution >= 4 is 0 Å². The van der Waals surface area contributed by atoms with Crippen molar-refractivity contribution in [3.8, 4) is 17.2 Å². The molecule has 4 rings (SSSR count). The second-order valence-electron chi connectivity index (χ2n) is 7.35. The highest BCUT2D eigenvalue weighted by molar-refractivity contribution is 5.36. The molecule has 1 atom stereocenters. The van der Waals surface area contributed by atoms with Gasteiger partial charge in [-0.25, -0.2) is 4.79 Å². The molecular weight excluding hydrogens is 368 g/mol. The van der Waals surface area contributed by atoms with E-state index in [-0.39, 0.29) is 11.6 Å². The van der Waals surface area contributed by atoms with Crippen LogP contribution in [0.1, 0.15) is 30.1 Å². The van der Waals surface area contributed by atoms with Crippen molar-refractivity contribution in [3.63, 3.8) is 0 Å². The second kappa shape index (κ2) is 8.53. The van der Waals surface area contributed by atoms with Crippen LogP contribution >= 0.6 is 0 Å². The first-order valence-electron chi connectivity index (χ1n) is 9.85. The SMILES string of the molecule is COc1ccc(-n2nc([C@H]3CCCN(Cc4cccc(OC)c4)C3)[nH]c2=O)cc1. The van der Waals surface area contributed by atoms with E-state index in [0.717, 1.165) is 55.5 Å². The fourth-order valence-electron chi connectivity index (χ4n) is 3.87. The maximum Gasteiger partial charge on any atom is 0.348 e. The summed E-state index contributed by atoms with van der Waals surface area (Å²) in [7, 11) is 3.31. The van der Waals surface area contributed by atoms with Gasteiger partial charge in [0.25, 0.3) is 0 Å². The molecule has 2 heterocycles. The minimum atomic E-state index is -0.213. The number of nitrogens with zero attached hydrogens (tertiary/aromatic N) is 3. The average molecular weight is 394 g/mol. The molecule has 1 fully saturated rings. The Kier molecular flexibility index (Phi) is 5.67. The van der Waals surface area contributed by atoms with E-state index in [1.54, 1.807) is 14.2 Å². The smallest absolute Gasteiger partial charge is 0.348 e. The van der Waals surface area contributed by atoms with Gasteiger partial charge in [-0.1, -0.05) is 12.1 Å². The number of piperidine rings is 1. The molecule has 0 amide bonds. The zero-order chi connectivity index (χ0) is 20.2. The van der Waals surface area contributed by atoms with Crippen LogP contribution in [0.15, 0.2) is 53.3 Å². The van der Waals surface area contributed by atoms with Crippen LogP contribution in [0.4, 0.5) is 0 Å². The summed E-state index contributed by atoms with van der Waals surface area (Å²) >= 11 is 0. The second-order valence-corrected chi connectivity index (χ2v) is 7.35. The summed E-state index contributed by atoms with van der Waals surface area (Å²) in [5.41, 5.74) is 1.74. The summed E-state index contributed by atoms with van der Waals surface area (Å²) in [6.45, 7) is 2.76. The Hall–Kier alpha value is -3.06. The Bertz CT molecular complexity index is 1010. The molecule has 2 aromatic carbocycles. The van der Waals surface area contributed by atoms with Crippen LogP contribution in [0.5, 0.6) is 11.5 Å². The average Bonchev–Trinajstić information content (AvgIpc) is 3.16. The number of hydrogen-bond donors (Lipinski definition) is 1. The Labute approximate surface area is 169 Å². The first-order chi connectivity index (χ1) is 14.2. The number of likely N-dealkylation sites (tertiary alicyclic amines) is 1. The van der Waals surface area contributed by atoms with Crippen molar-refractivity contribution in [3.05, 3.63) is 70.4 Å². The van der Waals surface area contributed by atoms with Gasteiger partial charge in [-0.15, -0.1) is 5.10 Å². The molecule has 1 aliphatic rings. The van der Waals surface area contributed by atoms with E-state index in [2.05, 4.69) is 27.1 Å². The standard InChI is InChI=1S/C22H26N4O3/c1-28-19-10-8-18(9-11-19)26-22(27)23-21(24-26)17-6-4-12-25(15-17)14-16-5-3-7-20(13-16)29-2/h3,5,7-11,13,17H,4,6,12,14-15H2,1-2H3,(H,23,24,27)/t17-/m0/s1. The van der Waals surface area contributed by atoms with Crippen LogP contribution in [0.25, 0.3) is 5.69 Å². The van der Waals surface area contributed by atoms with Gasteiger partial charge < -0.3 is 9.47 Å². The Balaban J connectivity index is 1.48. The van der Waals surface area contributed by atoms with E-state index in [1.807, 2.05) is 36.4 Å². The summed E-state index contributed by atoms with van der Waals surface area (Å²) in [5.74, 6) is 2.58. The number of hydrogen-bond acceptors (Lipinski definition) is 5. The number of aromatic nitrogens is 3. The molecule has 1 saturated heterocycles. The van der Waals surface area contributed by atoms with Gasteiger partial charge in [0.1, 0.15) is 17.3 Å². The van der Waals surface area contributed by atoms with E-state index in [1.165, 1.54) is 10.2 Å². The van der Waals surface area contributed by atoms with Crippen LogP contribution < -0.4 is 15.2 Å².